The van der Waals surface area contributed by atoms with E-state index in [-0.39, 0.29) is 33.9 Å². The minimum absolute atomic E-state index is 0. The van der Waals surface area contributed by atoms with Crippen molar-refractivity contribution in [3.8, 4) is 0 Å². The molecular weight excluding hydrogens is 214 g/mol. The number of aliphatic hydroxyl groups is 2. The summed E-state index contributed by atoms with van der Waals surface area (Å²) < 4.78 is 0. The summed E-state index contributed by atoms with van der Waals surface area (Å²) in [6.07, 6.45) is 3.03. The molecule has 70 valence electrons. The molecule has 1 heterocycles. The number of nitrogens with zero attached hydrogens (tertiary/aromatic N) is 1. The third-order valence-corrected chi connectivity index (χ3v) is 1.47. The first kappa shape index (κ1) is 12.0. The number of hydrogen-bond donors (Lipinski definition) is 2. The minimum atomic E-state index is -0.406. The Bertz CT molecular complexity index is 305. The monoisotopic (exact) mass is 221 g/mol. The van der Waals surface area contributed by atoms with Gasteiger partial charge in [-0.1, -0.05) is 12.6 Å². The van der Waals surface area contributed by atoms with Crippen molar-refractivity contribution in [1.29, 1.82) is 0 Å². The number of aliphatic hydroxyl groups excluding tert-OH is 2. The Morgan fingerprint density at radius 3 is 2.69 bits per heavy atom. The van der Waals surface area contributed by atoms with Gasteiger partial charge in [0, 0.05) is 12.0 Å². The fourth-order valence-corrected chi connectivity index (χ4v) is 0.799. The Labute approximate surface area is 86.1 Å². The van der Waals surface area contributed by atoms with E-state index in [1.54, 1.807) is 0 Å². The van der Waals surface area contributed by atoms with Crippen LogP contribution in [-0.4, -0.2) is 21.7 Å². The molecule has 2 N–H and O–H groups in total. The molecule has 1 rings (SSSR count). The molecular formula is C8H7FeNO3. The topological polar surface area (TPSA) is 69.9 Å². The Balaban J connectivity index is 0.00000144. The van der Waals surface area contributed by atoms with E-state index in [1.165, 1.54) is 6.92 Å². The van der Waals surface area contributed by atoms with Gasteiger partial charge in [-0.25, -0.2) is 5.57 Å². The average molecular weight is 221 g/mol. The molecule has 13 heavy (non-hydrogen) atoms. The van der Waals surface area contributed by atoms with Gasteiger partial charge in [0.2, 0.25) is 0 Å². The Morgan fingerprint density at radius 1 is 1.62 bits per heavy atom. The van der Waals surface area contributed by atoms with E-state index in [0.29, 0.717) is 12.9 Å². The fraction of sp³-hybridized carbons (Fsp3) is 0.125. The molecule has 5 heteroatoms. The number of hydrogen-bond acceptors (Lipinski definition) is 4. The zero-order chi connectivity index (χ0) is 9.14. The summed E-state index contributed by atoms with van der Waals surface area (Å²) in [6, 6.07) is 0. The van der Waals surface area contributed by atoms with Crippen molar-refractivity contribution >= 4 is 11.5 Å². The van der Waals surface area contributed by atoms with Crippen LogP contribution in [0.15, 0.2) is 22.4 Å². The molecule has 0 bridgehead atoms. The first-order valence-electron chi connectivity index (χ1n) is 3.25. The number of Topliss-reactive ketones (excluding diaryl/α,β-unsaturated/α-hetero) is 1. The molecule has 0 aliphatic carbocycles. The second-order valence-electron chi connectivity index (χ2n) is 2.22. The normalized spacial score (nSPS) is 18.9. The van der Waals surface area contributed by atoms with E-state index in [4.69, 9.17) is 10.2 Å². The van der Waals surface area contributed by atoms with Crippen LogP contribution < -0.4 is 0 Å². The summed E-state index contributed by atoms with van der Waals surface area (Å²) >= 11 is 0. The molecule has 0 amide bonds. The fourth-order valence-electron chi connectivity index (χ4n) is 0.799. The van der Waals surface area contributed by atoms with Gasteiger partial charge in [0.25, 0.3) is 0 Å². The molecule has 0 aromatic rings. The molecule has 4 nitrogen and oxygen atoms in total. The molecule has 0 radical (unpaired) electrons. The Morgan fingerprint density at radius 2 is 2.23 bits per heavy atom. The molecule has 0 aromatic carbocycles. The van der Waals surface area contributed by atoms with E-state index in [9.17, 15) is 4.79 Å². The Hall–Kier alpha value is -1.03. The van der Waals surface area contributed by atoms with Crippen molar-refractivity contribution < 1.29 is 32.1 Å². The Kier molecular flexibility index (Phi) is 4.48. The van der Waals surface area contributed by atoms with Crippen LogP contribution in [0.5, 0.6) is 0 Å². The van der Waals surface area contributed by atoms with Gasteiger partial charge in [-0.2, -0.15) is 6.20 Å². The molecule has 0 unspecified atom stereocenters. The van der Waals surface area contributed by atoms with Crippen molar-refractivity contribution in [3.63, 3.8) is 0 Å². The number of rotatable bonds is 1. The molecule has 1 aliphatic heterocycles. The van der Waals surface area contributed by atoms with Gasteiger partial charge in [0.05, 0.1) is 0 Å². The number of ketones is 1. The zero-order valence-corrected chi connectivity index (χ0v) is 7.86. The number of carbonyl (C=O) groups is 1. The number of carbonyl (C=O) groups excluding carboxylic acids is 1. The van der Waals surface area contributed by atoms with Gasteiger partial charge in [0.15, 0.2) is 0 Å². The van der Waals surface area contributed by atoms with Crippen LogP contribution in [0.1, 0.15) is 6.92 Å². The van der Waals surface area contributed by atoms with Crippen molar-refractivity contribution in [1.82, 2.24) is 0 Å². The summed E-state index contributed by atoms with van der Waals surface area (Å²) in [6.45, 7) is 2.18. The largest absolute Gasteiger partial charge is 2.00 e. The SMILES string of the molecule is CC1=N[C-]=C([CH-]O)/C(=C/O)C1=O.[Fe+2]. The van der Waals surface area contributed by atoms with Gasteiger partial charge >= 0.3 is 17.1 Å². The summed E-state index contributed by atoms with van der Waals surface area (Å²) in [7, 11) is 0. The van der Waals surface area contributed by atoms with Crippen molar-refractivity contribution in [2.75, 3.05) is 0 Å². The van der Waals surface area contributed by atoms with Crippen LogP contribution in [0, 0.1) is 12.8 Å². The second-order valence-corrected chi connectivity index (χ2v) is 2.22. The van der Waals surface area contributed by atoms with Crippen molar-refractivity contribution in [2.24, 2.45) is 4.99 Å². The van der Waals surface area contributed by atoms with Crippen molar-refractivity contribution in [3.05, 3.63) is 30.2 Å². The maximum atomic E-state index is 11.2. The standard InChI is InChI=1S/C8H7NO3.Fe/c1-5-8(12)7(4-11)6(3-10)2-9-5;/h3-4,10-11H,1H3;/q-2;+2/b7-4-;. The molecule has 0 fully saturated rings. The zero-order valence-electron chi connectivity index (χ0n) is 6.76. The van der Waals surface area contributed by atoms with Crippen LogP contribution in [0.3, 0.4) is 0 Å². The molecule has 0 saturated carbocycles. The summed E-state index contributed by atoms with van der Waals surface area (Å²) in [4.78, 5) is 14.8. The van der Waals surface area contributed by atoms with Gasteiger partial charge in [-0.3, -0.25) is 0 Å². The molecule has 1 aliphatic rings. The minimum Gasteiger partial charge on any atom is -0.534 e. The van der Waals surface area contributed by atoms with Gasteiger partial charge in [0.1, 0.15) is 0 Å². The van der Waals surface area contributed by atoms with Gasteiger partial charge < -0.3 is 20.0 Å². The number of aliphatic imine (C=N–C) groups is 1. The predicted octanol–water partition coefficient (Wildman–Crippen LogP) is 0.691. The molecule has 0 aromatic heterocycles. The van der Waals surface area contributed by atoms with E-state index in [0.717, 1.165) is 0 Å². The van der Waals surface area contributed by atoms with E-state index in [1.807, 2.05) is 0 Å². The maximum absolute atomic E-state index is 11.2. The van der Waals surface area contributed by atoms with Crippen molar-refractivity contribution in [2.45, 2.75) is 6.92 Å². The van der Waals surface area contributed by atoms with Gasteiger partial charge in [-0.05, 0) is 0 Å². The molecule has 0 atom stereocenters. The van der Waals surface area contributed by atoms with E-state index < -0.39 is 5.78 Å². The third-order valence-electron chi connectivity index (χ3n) is 1.47. The van der Waals surface area contributed by atoms with Crippen LogP contribution in [-0.2, 0) is 21.9 Å². The van der Waals surface area contributed by atoms with Crippen LogP contribution in [0.4, 0.5) is 0 Å². The van der Waals surface area contributed by atoms with Gasteiger partial charge in [-0.15, -0.1) is 12.2 Å². The van der Waals surface area contributed by atoms with E-state index >= 15 is 0 Å². The quantitative estimate of drug-likeness (QED) is 0.296. The summed E-state index contributed by atoms with van der Waals surface area (Å²) in [5.74, 6) is -0.406. The summed E-state index contributed by atoms with van der Waals surface area (Å²) in [5, 5.41) is 17.2. The second kappa shape index (κ2) is 4.87. The van der Waals surface area contributed by atoms with Crippen LogP contribution >= 0.6 is 0 Å². The predicted molar refractivity (Wildman–Crippen MR) is 41.8 cm³/mol. The van der Waals surface area contributed by atoms with E-state index in [2.05, 4.69) is 11.2 Å². The molecule has 0 spiro atoms. The smallest absolute Gasteiger partial charge is 0.534 e. The summed E-state index contributed by atoms with van der Waals surface area (Å²) in [5.41, 5.74) is 0.332. The van der Waals surface area contributed by atoms with Crippen LogP contribution in [0.25, 0.3) is 0 Å². The first-order chi connectivity index (χ1) is 5.70. The maximum Gasteiger partial charge on any atom is 2.00 e. The third kappa shape index (κ3) is 2.21. The molecule has 0 saturated heterocycles. The first-order valence-corrected chi connectivity index (χ1v) is 3.25. The van der Waals surface area contributed by atoms with Crippen LogP contribution in [0.2, 0.25) is 0 Å². The average Bonchev–Trinajstić information content (AvgIpc) is 2.09.